The summed E-state index contributed by atoms with van der Waals surface area (Å²) in [6, 6.07) is 0. The summed E-state index contributed by atoms with van der Waals surface area (Å²) < 4.78 is 0. The molecule has 114 valence electrons. The number of likely N-dealkylation sites (N-methyl/N-ethyl adjacent to an activating group) is 1. The molecule has 1 aliphatic carbocycles. The summed E-state index contributed by atoms with van der Waals surface area (Å²) in [6.07, 6.45) is 7.89. The average Bonchev–Trinajstić information content (AvgIpc) is 2.57. The first-order valence-electron chi connectivity index (χ1n) is 8.14. The normalized spacial score (nSPS) is 28.9. The minimum atomic E-state index is 0.275. The number of hydrogen-bond acceptors (Lipinski definition) is 3. The molecule has 0 aromatic heterocycles. The zero-order valence-electron chi connectivity index (χ0n) is 13.6. The maximum atomic E-state index is 6.24. The maximum Gasteiger partial charge on any atom is 0.0332 e. The Balaban J connectivity index is 2.74. The second-order valence-electron chi connectivity index (χ2n) is 6.75. The van der Waals surface area contributed by atoms with E-state index in [9.17, 15) is 0 Å². The Morgan fingerprint density at radius 2 is 1.84 bits per heavy atom. The molecule has 1 fully saturated rings. The lowest BCUT2D eigenvalue weighted by molar-refractivity contribution is 0.0699. The number of nitrogens with zero attached hydrogens (tertiary/aromatic N) is 2. The van der Waals surface area contributed by atoms with Crippen molar-refractivity contribution in [3.63, 3.8) is 0 Å². The van der Waals surface area contributed by atoms with Gasteiger partial charge in [-0.05, 0) is 52.2 Å². The Morgan fingerprint density at radius 1 is 1.11 bits per heavy atom. The van der Waals surface area contributed by atoms with Crippen molar-refractivity contribution >= 4 is 0 Å². The quantitative estimate of drug-likeness (QED) is 0.721. The summed E-state index contributed by atoms with van der Waals surface area (Å²) in [6.45, 7) is 9.00. The molecule has 0 aromatic rings. The summed E-state index contributed by atoms with van der Waals surface area (Å²) in [4.78, 5) is 4.98. The van der Waals surface area contributed by atoms with Crippen LogP contribution in [0.4, 0.5) is 0 Å². The van der Waals surface area contributed by atoms with Crippen LogP contribution in [-0.4, -0.2) is 55.6 Å². The van der Waals surface area contributed by atoms with Crippen LogP contribution in [0, 0.1) is 5.92 Å². The van der Waals surface area contributed by atoms with Crippen LogP contribution in [-0.2, 0) is 0 Å². The Hall–Kier alpha value is -0.120. The predicted molar refractivity (Wildman–Crippen MR) is 84.5 cm³/mol. The van der Waals surface area contributed by atoms with Gasteiger partial charge in [0.05, 0.1) is 0 Å². The van der Waals surface area contributed by atoms with Gasteiger partial charge in [-0.2, -0.15) is 0 Å². The fourth-order valence-electron chi connectivity index (χ4n) is 3.39. The van der Waals surface area contributed by atoms with Gasteiger partial charge in [0.25, 0.3) is 0 Å². The molecular formula is C16H35N3. The first kappa shape index (κ1) is 16.9. The van der Waals surface area contributed by atoms with E-state index in [-0.39, 0.29) is 5.54 Å². The molecule has 1 saturated carbocycles. The minimum Gasteiger partial charge on any atom is -0.329 e. The van der Waals surface area contributed by atoms with Gasteiger partial charge in [-0.1, -0.05) is 26.7 Å². The first-order chi connectivity index (χ1) is 9.04. The lowest BCUT2D eigenvalue weighted by Gasteiger charge is -2.44. The highest BCUT2D eigenvalue weighted by Gasteiger charge is 2.36. The highest BCUT2D eigenvalue weighted by molar-refractivity contribution is 4.94. The monoisotopic (exact) mass is 269 g/mol. The molecule has 0 aliphatic heterocycles. The summed E-state index contributed by atoms with van der Waals surface area (Å²) in [5, 5.41) is 0. The van der Waals surface area contributed by atoms with Crippen LogP contribution in [0.1, 0.15) is 52.4 Å². The third-order valence-corrected chi connectivity index (χ3v) is 4.80. The van der Waals surface area contributed by atoms with Crippen molar-refractivity contribution in [2.45, 2.75) is 57.9 Å². The highest BCUT2D eigenvalue weighted by Crippen LogP contribution is 2.34. The van der Waals surface area contributed by atoms with E-state index >= 15 is 0 Å². The van der Waals surface area contributed by atoms with Gasteiger partial charge in [0.2, 0.25) is 0 Å². The highest BCUT2D eigenvalue weighted by atomic mass is 15.2. The molecule has 0 radical (unpaired) electrons. The molecule has 0 bridgehead atoms. The fraction of sp³-hybridized carbons (Fsp3) is 1.00. The van der Waals surface area contributed by atoms with Crippen molar-refractivity contribution in [3.8, 4) is 0 Å². The van der Waals surface area contributed by atoms with Gasteiger partial charge >= 0.3 is 0 Å². The van der Waals surface area contributed by atoms with E-state index in [4.69, 9.17) is 5.73 Å². The zero-order chi connectivity index (χ0) is 14.3. The van der Waals surface area contributed by atoms with Crippen LogP contribution in [0.25, 0.3) is 0 Å². The van der Waals surface area contributed by atoms with E-state index in [0.29, 0.717) is 0 Å². The summed E-state index contributed by atoms with van der Waals surface area (Å²) in [7, 11) is 4.32. The zero-order valence-corrected chi connectivity index (χ0v) is 13.6. The van der Waals surface area contributed by atoms with E-state index in [1.54, 1.807) is 0 Å². The molecule has 2 N–H and O–H groups in total. The van der Waals surface area contributed by atoms with Crippen LogP contribution in [0.15, 0.2) is 0 Å². The van der Waals surface area contributed by atoms with Crippen molar-refractivity contribution in [2.24, 2.45) is 11.7 Å². The maximum absolute atomic E-state index is 6.24. The van der Waals surface area contributed by atoms with Gasteiger partial charge < -0.3 is 10.6 Å². The topological polar surface area (TPSA) is 32.5 Å². The Bertz CT molecular complexity index is 242. The Labute approximate surface area is 120 Å². The van der Waals surface area contributed by atoms with E-state index in [2.05, 4.69) is 37.7 Å². The van der Waals surface area contributed by atoms with Gasteiger partial charge in [-0.3, -0.25) is 4.90 Å². The molecule has 0 saturated heterocycles. The van der Waals surface area contributed by atoms with Crippen molar-refractivity contribution in [1.29, 1.82) is 0 Å². The van der Waals surface area contributed by atoms with E-state index in [1.165, 1.54) is 45.1 Å². The lowest BCUT2D eigenvalue weighted by Crippen LogP contribution is -2.55. The summed E-state index contributed by atoms with van der Waals surface area (Å²) >= 11 is 0. The Morgan fingerprint density at radius 3 is 2.42 bits per heavy atom. The van der Waals surface area contributed by atoms with Crippen LogP contribution in [0.3, 0.4) is 0 Å². The van der Waals surface area contributed by atoms with Crippen LogP contribution in [0.5, 0.6) is 0 Å². The van der Waals surface area contributed by atoms with Crippen LogP contribution in [0.2, 0.25) is 0 Å². The largest absolute Gasteiger partial charge is 0.329 e. The van der Waals surface area contributed by atoms with Gasteiger partial charge in [-0.15, -0.1) is 0 Å². The molecular weight excluding hydrogens is 234 g/mol. The van der Waals surface area contributed by atoms with E-state index in [0.717, 1.165) is 25.6 Å². The van der Waals surface area contributed by atoms with Crippen molar-refractivity contribution in [2.75, 3.05) is 40.3 Å². The molecule has 2 atom stereocenters. The Kier molecular flexibility index (Phi) is 7.33. The number of nitrogens with two attached hydrogens (primary N) is 1. The standard InChI is InChI=1S/C16H35N3/c1-5-11-19(13-12-18(3)4)16(14-17)9-6-7-15(2)8-10-16/h15H,5-14,17H2,1-4H3. The third kappa shape index (κ3) is 5.05. The molecule has 3 heteroatoms. The molecule has 0 heterocycles. The molecule has 19 heavy (non-hydrogen) atoms. The molecule has 0 spiro atoms. The van der Waals surface area contributed by atoms with Crippen molar-refractivity contribution in [3.05, 3.63) is 0 Å². The average molecular weight is 269 g/mol. The van der Waals surface area contributed by atoms with Gasteiger partial charge in [0.15, 0.2) is 0 Å². The molecule has 1 rings (SSSR count). The lowest BCUT2D eigenvalue weighted by atomic mass is 9.87. The van der Waals surface area contributed by atoms with Crippen LogP contribution >= 0.6 is 0 Å². The van der Waals surface area contributed by atoms with Gasteiger partial charge in [0, 0.05) is 25.2 Å². The summed E-state index contributed by atoms with van der Waals surface area (Å²) in [5.41, 5.74) is 6.51. The van der Waals surface area contributed by atoms with Gasteiger partial charge in [0.1, 0.15) is 0 Å². The minimum absolute atomic E-state index is 0.275. The smallest absolute Gasteiger partial charge is 0.0332 e. The molecule has 2 unspecified atom stereocenters. The number of hydrogen-bond donors (Lipinski definition) is 1. The molecule has 0 amide bonds. The van der Waals surface area contributed by atoms with Gasteiger partial charge in [-0.25, -0.2) is 0 Å². The van der Waals surface area contributed by atoms with E-state index < -0.39 is 0 Å². The van der Waals surface area contributed by atoms with Crippen molar-refractivity contribution in [1.82, 2.24) is 9.80 Å². The SMILES string of the molecule is CCCN(CCN(C)C)C1(CN)CCCC(C)CC1. The first-order valence-corrected chi connectivity index (χ1v) is 8.14. The second kappa shape index (κ2) is 8.23. The molecule has 1 aliphatic rings. The fourth-order valence-corrected chi connectivity index (χ4v) is 3.39. The van der Waals surface area contributed by atoms with Crippen molar-refractivity contribution < 1.29 is 0 Å². The van der Waals surface area contributed by atoms with Crippen LogP contribution < -0.4 is 5.73 Å². The molecule has 3 nitrogen and oxygen atoms in total. The number of rotatable bonds is 7. The third-order valence-electron chi connectivity index (χ3n) is 4.80. The van der Waals surface area contributed by atoms with E-state index in [1.807, 2.05) is 0 Å². The molecule has 0 aromatic carbocycles. The second-order valence-corrected chi connectivity index (χ2v) is 6.75. The predicted octanol–water partition coefficient (Wildman–Crippen LogP) is 2.56. The summed E-state index contributed by atoms with van der Waals surface area (Å²) in [5.74, 6) is 0.880.